The quantitative estimate of drug-likeness (QED) is 0.267. The molecule has 0 aliphatic heterocycles. The monoisotopic (exact) mass is 550 g/mol. The second kappa shape index (κ2) is 12.0. The minimum Gasteiger partial charge on any atom is -0.378 e. The molecule has 1 heterocycles. The molecule has 1 N–H and O–H groups in total. The Labute approximate surface area is 238 Å². The highest BCUT2D eigenvalue weighted by Gasteiger charge is 2.33. The minimum absolute atomic E-state index is 0.121. The molecule has 9 heteroatoms. The maximum atomic E-state index is 14.9. The summed E-state index contributed by atoms with van der Waals surface area (Å²) in [4.78, 5) is 31.4. The van der Waals surface area contributed by atoms with Crippen molar-refractivity contribution in [3.8, 4) is 0 Å². The van der Waals surface area contributed by atoms with Crippen molar-refractivity contribution in [3.63, 3.8) is 0 Å². The van der Waals surface area contributed by atoms with E-state index in [0.29, 0.717) is 27.8 Å². The first-order valence-corrected chi connectivity index (χ1v) is 13.3. The third-order valence-electron chi connectivity index (χ3n) is 6.93. The van der Waals surface area contributed by atoms with E-state index < -0.39 is 23.7 Å². The SMILES string of the molecule is Cc1ccc([C@H](C(=O)Nc2ccc(N(C)C)cc2)N(Cc2ccccc2F)C(=O)Cn2nnc3ccccc32)cc1. The molecule has 0 saturated carbocycles. The lowest BCUT2D eigenvalue weighted by Gasteiger charge is -2.32. The predicted molar refractivity (Wildman–Crippen MR) is 158 cm³/mol. The van der Waals surface area contributed by atoms with Crippen LogP contribution in [0.15, 0.2) is 97.1 Å². The maximum Gasteiger partial charge on any atom is 0.251 e. The van der Waals surface area contributed by atoms with Crippen molar-refractivity contribution in [2.45, 2.75) is 26.1 Å². The number of nitrogens with one attached hydrogen (secondary N) is 1. The Balaban J connectivity index is 1.54. The van der Waals surface area contributed by atoms with Gasteiger partial charge in [0.15, 0.2) is 0 Å². The van der Waals surface area contributed by atoms with Gasteiger partial charge in [0.1, 0.15) is 23.9 Å². The molecule has 0 radical (unpaired) electrons. The van der Waals surface area contributed by atoms with Crippen LogP contribution in [0.2, 0.25) is 0 Å². The van der Waals surface area contributed by atoms with E-state index in [9.17, 15) is 14.0 Å². The minimum atomic E-state index is -1.05. The first-order chi connectivity index (χ1) is 19.8. The molecule has 2 amide bonds. The Hall–Kier alpha value is -5.05. The van der Waals surface area contributed by atoms with Crippen LogP contribution in [-0.2, 0) is 22.7 Å². The lowest BCUT2D eigenvalue weighted by Crippen LogP contribution is -2.42. The smallest absolute Gasteiger partial charge is 0.251 e. The molecule has 1 aromatic heterocycles. The van der Waals surface area contributed by atoms with E-state index in [1.165, 1.54) is 15.6 Å². The number of halogens is 1. The third-order valence-corrected chi connectivity index (χ3v) is 6.93. The molecule has 4 aromatic carbocycles. The number of nitrogens with zero attached hydrogens (tertiary/aromatic N) is 5. The van der Waals surface area contributed by atoms with Crippen LogP contribution in [0, 0.1) is 12.7 Å². The van der Waals surface area contributed by atoms with Gasteiger partial charge in [0, 0.05) is 37.6 Å². The Morgan fingerprint density at radius 1 is 0.902 bits per heavy atom. The number of aromatic nitrogens is 3. The van der Waals surface area contributed by atoms with Crippen molar-refractivity contribution in [1.82, 2.24) is 19.9 Å². The van der Waals surface area contributed by atoms with Gasteiger partial charge in [-0.25, -0.2) is 9.07 Å². The van der Waals surface area contributed by atoms with Gasteiger partial charge in [-0.3, -0.25) is 9.59 Å². The number of aryl methyl sites for hydroxylation is 1. The molecule has 1 atom stereocenters. The van der Waals surface area contributed by atoms with Crippen molar-refractivity contribution in [2.24, 2.45) is 0 Å². The van der Waals surface area contributed by atoms with Gasteiger partial charge in [-0.05, 0) is 55.0 Å². The van der Waals surface area contributed by atoms with Crippen molar-refractivity contribution >= 4 is 34.2 Å². The normalized spacial score (nSPS) is 11.7. The molecule has 41 heavy (non-hydrogen) atoms. The molecule has 0 aliphatic carbocycles. The zero-order valence-corrected chi connectivity index (χ0v) is 23.2. The van der Waals surface area contributed by atoms with Crippen LogP contribution in [-0.4, -0.2) is 45.8 Å². The fourth-order valence-corrected chi connectivity index (χ4v) is 4.66. The molecule has 0 spiro atoms. The van der Waals surface area contributed by atoms with Gasteiger partial charge in [-0.2, -0.15) is 0 Å². The number of carbonyl (C=O) groups excluding carboxylic acids is 2. The van der Waals surface area contributed by atoms with Crippen molar-refractivity contribution in [1.29, 1.82) is 0 Å². The molecule has 8 nitrogen and oxygen atoms in total. The number of anilines is 2. The summed E-state index contributed by atoms with van der Waals surface area (Å²) >= 11 is 0. The van der Waals surface area contributed by atoms with E-state index in [1.807, 2.05) is 98.7 Å². The number of hydrogen-bond donors (Lipinski definition) is 1. The maximum absolute atomic E-state index is 14.9. The van der Waals surface area contributed by atoms with E-state index in [1.54, 1.807) is 18.2 Å². The second-order valence-electron chi connectivity index (χ2n) is 10.1. The van der Waals surface area contributed by atoms with E-state index in [4.69, 9.17) is 0 Å². The molecule has 0 bridgehead atoms. The lowest BCUT2D eigenvalue weighted by molar-refractivity contribution is -0.140. The Morgan fingerprint density at radius 2 is 1.59 bits per heavy atom. The molecular formula is C32H31FN6O2. The molecular weight excluding hydrogens is 519 g/mol. The largest absolute Gasteiger partial charge is 0.378 e. The lowest BCUT2D eigenvalue weighted by atomic mass is 10.0. The highest BCUT2D eigenvalue weighted by molar-refractivity contribution is 5.98. The summed E-state index contributed by atoms with van der Waals surface area (Å²) < 4.78 is 16.4. The number of amides is 2. The van der Waals surface area contributed by atoms with Crippen LogP contribution in [0.25, 0.3) is 11.0 Å². The van der Waals surface area contributed by atoms with Crippen molar-refractivity contribution in [3.05, 3.63) is 120 Å². The highest BCUT2D eigenvalue weighted by Crippen LogP contribution is 2.28. The number of benzene rings is 4. The average Bonchev–Trinajstić information content (AvgIpc) is 3.37. The summed E-state index contributed by atoms with van der Waals surface area (Å²) in [5.41, 5.74) is 4.80. The van der Waals surface area contributed by atoms with Crippen LogP contribution in [0.3, 0.4) is 0 Å². The fraction of sp³-hybridized carbons (Fsp3) is 0.188. The van der Waals surface area contributed by atoms with Crippen LogP contribution in [0.1, 0.15) is 22.7 Å². The van der Waals surface area contributed by atoms with E-state index in [-0.39, 0.29) is 13.1 Å². The van der Waals surface area contributed by atoms with Crippen LogP contribution >= 0.6 is 0 Å². The summed E-state index contributed by atoms with van der Waals surface area (Å²) in [6.07, 6.45) is 0. The third kappa shape index (κ3) is 6.24. The van der Waals surface area contributed by atoms with Crippen molar-refractivity contribution < 1.29 is 14.0 Å². The molecule has 5 rings (SSSR count). The van der Waals surface area contributed by atoms with Gasteiger partial charge in [-0.1, -0.05) is 65.4 Å². The van der Waals surface area contributed by atoms with E-state index in [0.717, 1.165) is 11.3 Å². The summed E-state index contributed by atoms with van der Waals surface area (Å²) in [7, 11) is 3.87. The van der Waals surface area contributed by atoms with Crippen molar-refractivity contribution in [2.75, 3.05) is 24.3 Å². The predicted octanol–water partition coefficient (Wildman–Crippen LogP) is 5.35. The van der Waals surface area contributed by atoms with E-state index >= 15 is 0 Å². The zero-order chi connectivity index (χ0) is 28.9. The molecule has 0 aliphatic rings. The van der Waals surface area contributed by atoms with Gasteiger partial charge < -0.3 is 15.1 Å². The molecule has 208 valence electrons. The topological polar surface area (TPSA) is 83.4 Å². The molecule has 0 unspecified atom stereocenters. The number of carbonyl (C=O) groups is 2. The Bertz CT molecular complexity index is 1660. The number of fused-ring (bicyclic) bond motifs is 1. The van der Waals surface area contributed by atoms with Crippen LogP contribution in [0.5, 0.6) is 0 Å². The first-order valence-electron chi connectivity index (χ1n) is 13.3. The van der Waals surface area contributed by atoms with Gasteiger partial charge in [0.2, 0.25) is 5.91 Å². The number of para-hydroxylation sites is 1. The average molecular weight is 551 g/mol. The van der Waals surface area contributed by atoms with Gasteiger partial charge in [-0.15, -0.1) is 5.10 Å². The zero-order valence-electron chi connectivity index (χ0n) is 23.2. The summed E-state index contributed by atoms with van der Waals surface area (Å²) in [6.45, 7) is 1.65. The standard InChI is InChI=1S/C32H31FN6O2/c1-22-12-14-23(15-13-22)31(32(41)34-25-16-18-26(19-17-25)37(2)3)38(20-24-8-4-5-9-27(24)33)30(40)21-39-29-11-7-6-10-28(29)35-36-39/h4-19,31H,20-21H2,1-3H3,(H,34,41)/t31-/m1/s1. The van der Waals surface area contributed by atoms with Gasteiger partial charge in [0.25, 0.3) is 5.91 Å². The summed E-state index contributed by atoms with van der Waals surface area (Å²) in [5.74, 6) is -1.29. The number of hydrogen-bond acceptors (Lipinski definition) is 5. The fourth-order valence-electron chi connectivity index (χ4n) is 4.66. The first kappa shape index (κ1) is 27.5. The van der Waals surface area contributed by atoms with Gasteiger partial charge >= 0.3 is 0 Å². The second-order valence-corrected chi connectivity index (χ2v) is 10.1. The van der Waals surface area contributed by atoms with Crippen LogP contribution < -0.4 is 10.2 Å². The van der Waals surface area contributed by atoms with E-state index in [2.05, 4.69) is 15.6 Å². The number of rotatable bonds is 9. The van der Waals surface area contributed by atoms with Crippen LogP contribution in [0.4, 0.5) is 15.8 Å². The summed E-state index contributed by atoms with van der Waals surface area (Å²) in [5, 5.41) is 11.3. The Morgan fingerprint density at radius 3 is 2.29 bits per heavy atom. The molecule has 0 fully saturated rings. The van der Waals surface area contributed by atoms with Gasteiger partial charge in [0.05, 0.1) is 5.52 Å². The summed E-state index contributed by atoms with van der Waals surface area (Å²) in [6, 6.07) is 27.4. The highest BCUT2D eigenvalue weighted by atomic mass is 19.1. The Kier molecular flexibility index (Phi) is 8.05. The molecule has 5 aromatic rings. The molecule has 0 saturated heterocycles.